The van der Waals surface area contributed by atoms with E-state index in [4.69, 9.17) is 0 Å². The number of aryl methyl sites for hydroxylation is 2. The Bertz CT molecular complexity index is 513. The fourth-order valence-electron chi connectivity index (χ4n) is 2.27. The molecule has 1 aliphatic rings. The third kappa shape index (κ3) is 1.18. The lowest BCUT2D eigenvalue weighted by Crippen LogP contribution is -1.78. The summed E-state index contributed by atoms with van der Waals surface area (Å²) in [6.45, 7) is 0. The second kappa shape index (κ2) is 3.11. The summed E-state index contributed by atoms with van der Waals surface area (Å²) in [5, 5.41) is 1.37. The van der Waals surface area contributed by atoms with Crippen molar-refractivity contribution in [3.05, 3.63) is 32.3 Å². The highest BCUT2D eigenvalue weighted by atomic mass is 79.9. The molecule has 0 atom stereocenters. The fourth-order valence-corrected chi connectivity index (χ4v) is 3.59. The molecule has 0 radical (unpaired) electrons. The van der Waals surface area contributed by atoms with Gasteiger partial charge in [-0.1, -0.05) is 15.9 Å². The lowest BCUT2D eigenvalue weighted by atomic mass is 10.1. The van der Waals surface area contributed by atoms with Crippen LogP contribution in [0.1, 0.15) is 17.7 Å². The first kappa shape index (κ1) is 8.98. The summed E-state index contributed by atoms with van der Waals surface area (Å²) in [4.78, 5) is 3.50. The molecule has 3 rings (SSSR count). The van der Waals surface area contributed by atoms with Gasteiger partial charge in [-0.15, -0.1) is 0 Å². The summed E-state index contributed by atoms with van der Waals surface area (Å²) >= 11 is 7.12. The Morgan fingerprint density at radius 1 is 1.14 bits per heavy atom. The average molecular weight is 315 g/mol. The molecule has 0 aliphatic heterocycles. The number of nitrogens with one attached hydrogen (secondary N) is 1. The molecule has 14 heavy (non-hydrogen) atoms. The zero-order valence-electron chi connectivity index (χ0n) is 7.53. The number of fused-ring (bicyclic) bond motifs is 3. The van der Waals surface area contributed by atoms with Gasteiger partial charge < -0.3 is 4.98 Å². The fraction of sp³-hybridized carbons (Fsp3) is 0.273. The maximum absolute atomic E-state index is 3.59. The largest absolute Gasteiger partial charge is 0.357 e. The van der Waals surface area contributed by atoms with Crippen molar-refractivity contribution < 1.29 is 0 Å². The van der Waals surface area contributed by atoms with Crippen molar-refractivity contribution in [1.82, 2.24) is 4.98 Å². The van der Waals surface area contributed by atoms with Gasteiger partial charge in [0.25, 0.3) is 0 Å². The van der Waals surface area contributed by atoms with Crippen LogP contribution in [0.25, 0.3) is 10.9 Å². The summed E-state index contributed by atoms with van der Waals surface area (Å²) in [7, 11) is 0. The molecular formula is C11H9Br2N. The summed E-state index contributed by atoms with van der Waals surface area (Å²) < 4.78 is 2.29. The minimum atomic E-state index is 1.14. The molecular weight excluding hydrogens is 306 g/mol. The smallest absolute Gasteiger partial charge is 0.0604 e. The van der Waals surface area contributed by atoms with E-state index in [1.54, 1.807) is 0 Å². The summed E-state index contributed by atoms with van der Waals surface area (Å²) in [5.41, 5.74) is 4.19. The Labute approximate surface area is 99.1 Å². The first-order valence-electron chi connectivity index (χ1n) is 4.74. The minimum absolute atomic E-state index is 1.14. The van der Waals surface area contributed by atoms with E-state index in [-0.39, 0.29) is 0 Å². The van der Waals surface area contributed by atoms with Crippen LogP contribution in [0.4, 0.5) is 0 Å². The van der Waals surface area contributed by atoms with Gasteiger partial charge in [-0.05, 0) is 52.9 Å². The number of aromatic nitrogens is 1. The van der Waals surface area contributed by atoms with Crippen molar-refractivity contribution in [2.24, 2.45) is 0 Å². The summed E-state index contributed by atoms with van der Waals surface area (Å²) in [5.74, 6) is 0. The molecule has 0 unspecified atom stereocenters. The molecule has 0 saturated heterocycles. The van der Waals surface area contributed by atoms with Gasteiger partial charge in [0.2, 0.25) is 0 Å². The van der Waals surface area contributed by atoms with Crippen LogP contribution in [0.2, 0.25) is 0 Å². The van der Waals surface area contributed by atoms with E-state index in [0.717, 1.165) is 8.95 Å². The second-order valence-electron chi connectivity index (χ2n) is 3.75. The van der Waals surface area contributed by atoms with Crippen molar-refractivity contribution in [2.45, 2.75) is 19.3 Å². The highest BCUT2D eigenvalue weighted by Gasteiger charge is 2.18. The van der Waals surface area contributed by atoms with Gasteiger partial charge in [-0.2, -0.15) is 0 Å². The van der Waals surface area contributed by atoms with Crippen LogP contribution < -0.4 is 0 Å². The number of hydrogen-bond donors (Lipinski definition) is 1. The Hall–Kier alpha value is -0.280. The Morgan fingerprint density at radius 2 is 2.00 bits per heavy atom. The topological polar surface area (TPSA) is 15.8 Å². The number of H-pyrrole nitrogens is 1. The molecule has 0 saturated carbocycles. The molecule has 1 aromatic heterocycles. The van der Waals surface area contributed by atoms with E-state index in [1.165, 1.54) is 41.4 Å². The molecule has 2 aromatic rings. The van der Waals surface area contributed by atoms with Crippen molar-refractivity contribution >= 4 is 42.8 Å². The van der Waals surface area contributed by atoms with E-state index in [0.29, 0.717) is 0 Å². The Morgan fingerprint density at radius 3 is 2.86 bits per heavy atom. The van der Waals surface area contributed by atoms with Crippen LogP contribution >= 0.6 is 31.9 Å². The maximum atomic E-state index is 3.59. The van der Waals surface area contributed by atoms with Crippen LogP contribution in [-0.2, 0) is 12.8 Å². The van der Waals surface area contributed by atoms with Crippen molar-refractivity contribution in [3.63, 3.8) is 0 Å². The normalized spacial score (nSPS) is 15.0. The van der Waals surface area contributed by atoms with Gasteiger partial charge in [-0.25, -0.2) is 0 Å². The number of rotatable bonds is 0. The zero-order chi connectivity index (χ0) is 9.71. The molecule has 1 N–H and O–H groups in total. The molecule has 0 spiro atoms. The molecule has 0 amide bonds. The third-order valence-corrected chi connectivity index (χ3v) is 3.96. The predicted molar refractivity (Wildman–Crippen MR) is 65.7 cm³/mol. The van der Waals surface area contributed by atoms with Crippen molar-refractivity contribution in [3.8, 4) is 0 Å². The van der Waals surface area contributed by atoms with Crippen molar-refractivity contribution in [1.29, 1.82) is 0 Å². The lowest BCUT2D eigenvalue weighted by Gasteiger charge is -1.98. The van der Waals surface area contributed by atoms with E-state index in [2.05, 4.69) is 49.0 Å². The van der Waals surface area contributed by atoms with Gasteiger partial charge in [-0.3, -0.25) is 0 Å². The van der Waals surface area contributed by atoms with E-state index < -0.39 is 0 Å². The van der Waals surface area contributed by atoms with Gasteiger partial charge in [0.1, 0.15) is 0 Å². The monoisotopic (exact) mass is 313 g/mol. The molecule has 3 heteroatoms. The SMILES string of the molecule is Brc1cc(Br)c2[nH]c3c(c2c1)CCC3. The Kier molecular flexibility index (Phi) is 1.99. The molecule has 1 heterocycles. The van der Waals surface area contributed by atoms with Crippen molar-refractivity contribution in [2.75, 3.05) is 0 Å². The average Bonchev–Trinajstić information content (AvgIpc) is 2.65. The lowest BCUT2D eigenvalue weighted by molar-refractivity contribution is 0.898. The molecule has 1 aromatic carbocycles. The van der Waals surface area contributed by atoms with Crippen LogP contribution in [-0.4, -0.2) is 4.98 Å². The van der Waals surface area contributed by atoms with E-state index in [1.807, 2.05) is 0 Å². The third-order valence-electron chi connectivity index (χ3n) is 2.87. The van der Waals surface area contributed by atoms with Crippen LogP contribution in [0.3, 0.4) is 0 Å². The Balaban J connectivity index is 2.43. The molecule has 1 nitrogen and oxygen atoms in total. The van der Waals surface area contributed by atoms with Crippen LogP contribution in [0.15, 0.2) is 21.1 Å². The van der Waals surface area contributed by atoms with Gasteiger partial charge in [0, 0.05) is 20.0 Å². The second-order valence-corrected chi connectivity index (χ2v) is 5.52. The van der Waals surface area contributed by atoms with Gasteiger partial charge in [0.05, 0.1) is 5.52 Å². The number of benzene rings is 1. The predicted octanol–water partition coefficient (Wildman–Crippen LogP) is 4.18. The minimum Gasteiger partial charge on any atom is -0.357 e. The molecule has 1 aliphatic carbocycles. The summed E-state index contributed by atoms with van der Waals surface area (Å²) in [6.07, 6.45) is 3.72. The molecule has 0 bridgehead atoms. The van der Waals surface area contributed by atoms with Crippen LogP contribution in [0.5, 0.6) is 0 Å². The van der Waals surface area contributed by atoms with E-state index >= 15 is 0 Å². The van der Waals surface area contributed by atoms with E-state index in [9.17, 15) is 0 Å². The molecule has 72 valence electrons. The standard InChI is InChI=1S/C11H9Br2N/c12-6-4-8-7-2-1-3-10(7)14-11(8)9(13)5-6/h4-5,14H,1-3H2. The number of hydrogen-bond acceptors (Lipinski definition) is 0. The van der Waals surface area contributed by atoms with Gasteiger partial charge in [0.15, 0.2) is 0 Å². The number of aromatic amines is 1. The number of halogens is 2. The highest BCUT2D eigenvalue weighted by molar-refractivity contribution is 9.11. The van der Waals surface area contributed by atoms with Crippen LogP contribution in [0, 0.1) is 0 Å². The first-order chi connectivity index (χ1) is 6.75. The quantitative estimate of drug-likeness (QED) is 0.751. The highest BCUT2D eigenvalue weighted by Crippen LogP contribution is 2.35. The maximum Gasteiger partial charge on any atom is 0.0604 e. The first-order valence-corrected chi connectivity index (χ1v) is 6.33. The zero-order valence-corrected chi connectivity index (χ0v) is 10.7. The van der Waals surface area contributed by atoms with Gasteiger partial charge >= 0.3 is 0 Å². The molecule has 0 fully saturated rings. The summed E-state index contributed by atoms with van der Waals surface area (Å²) in [6, 6.07) is 4.30.